The molecule has 0 spiro atoms. The number of aromatic nitrogens is 1. The first kappa shape index (κ1) is 18.0. The van der Waals surface area contributed by atoms with E-state index in [2.05, 4.69) is 9.88 Å². The molecule has 0 N–H and O–H groups in total. The highest BCUT2D eigenvalue weighted by Crippen LogP contribution is 2.37. The molecule has 2 aliphatic heterocycles. The van der Waals surface area contributed by atoms with Gasteiger partial charge in [0, 0.05) is 38.6 Å². The van der Waals surface area contributed by atoms with Gasteiger partial charge in [-0.25, -0.2) is 0 Å². The number of rotatable bonds is 4. The molecule has 1 saturated heterocycles. The van der Waals surface area contributed by atoms with Crippen LogP contribution >= 0.6 is 0 Å². The summed E-state index contributed by atoms with van der Waals surface area (Å²) >= 11 is 0. The smallest absolute Gasteiger partial charge is 0.290 e. The Balaban J connectivity index is 1.58. The maximum absolute atomic E-state index is 13.3. The lowest BCUT2D eigenvalue weighted by Gasteiger charge is -2.30. The summed E-state index contributed by atoms with van der Waals surface area (Å²) in [5, 5.41) is 0.489. The normalized spacial score (nSPS) is 19.7. The van der Waals surface area contributed by atoms with E-state index in [1.165, 1.54) is 0 Å². The van der Waals surface area contributed by atoms with Gasteiger partial charge in [-0.2, -0.15) is 0 Å². The summed E-state index contributed by atoms with van der Waals surface area (Å²) in [6.45, 7) is 4.30. The SMILES string of the molecule is O=C1c2oc3ccccc3c(=O)c2[C@H](c2cccnc2)N1CCN1CCOCC1. The van der Waals surface area contributed by atoms with Crippen LogP contribution in [0.3, 0.4) is 0 Å². The van der Waals surface area contributed by atoms with E-state index < -0.39 is 6.04 Å². The number of benzene rings is 1. The molecule has 1 atom stereocenters. The third-order valence-electron chi connectivity index (χ3n) is 5.63. The van der Waals surface area contributed by atoms with Crippen LogP contribution in [0.5, 0.6) is 0 Å². The Labute approximate surface area is 167 Å². The van der Waals surface area contributed by atoms with Crippen molar-refractivity contribution in [1.82, 2.24) is 14.8 Å². The second-order valence-electron chi connectivity index (χ2n) is 7.31. The summed E-state index contributed by atoms with van der Waals surface area (Å²) in [6, 6.07) is 10.3. The molecule has 0 unspecified atom stereocenters. The molecular weight excluding hydrogens is 370 g/mol. The zero-order valence-corrected chi connectivity index (χ0v) is 15.9. The van der Waals surface area contributed by atoms with E-state index in [4.69, 9.17) is 9.15 Å². The fourth-order valence-electron chi connectivity index (χ4n) is 4.16. The van der Waals surface area contributed by atoms with Crippen molar-refractivity contribution in [2.24, 2.45) is 0 Å². The van der Waals surface area contributed by atoms with Gasteiger partial charge in [0.1, 0.15) is 5.58 Å². The quantitative estimate of drug-likeness (QED) is 0.678. The van der Waals surface area contributed by atoms with Crippen LogP contribution in [0.15, 0.2) is 58.0 Å². The van der Waals surface area contributed by atoms with Crippen LogP contribution in [0, 0.1) is 0 Å². The molecule has 148 valence electrons. The minimum atomic E-state index is -0.493. The number of pyridine rings is 1. The molecule has 29 heavy (non-hydrogen) atoms. The lowest BCUT2D eigenvalue weighted by Crippen LogP contribution is -2.42. The first-order valence-electron chi connectivity index (χ1n) is 9.81. The van der Waals surface area contributed by atoms with Crippen molar-refractivity contribution < 1.29 is 13.9 Å². The Morgan fingerprint density at radius 1 is 1.03 bits per heavy atom. The number of hydrogen-bond acceptors (Lipinski definition) is 6. The average Bonchev–Trinajstić information content (AvgIpc) is 3.06. The molecule has 0 radical (unpaired) electrons. The van der Waals surface area contributed by atoms with Crippen molar-refractivity contribution in [1.29, 1.82) is 0 Å². The molecule has 7 heteroatoms. The summed E-state index contributed by atoms with van der Waals surface area (Å²) in [4.78, 5) is 34.8. The van der Waals surface area contributed by atoms with Gasteiger partial charge >= 0.3 is 0 Å². The molecule has 4 heterocycles. The summed E-state index contributed by atoms with van der Waals surface area (Å²) in [5.41, 5.74) is 1.50. The third-order valence-corrected chi connectivity index (χ3v) is 5.63. The maximum atomic E-state index is 13.3. The maximum Gasteiger partial charge on any atom is 0.290 e. The number of hydrogen-bond donors (Lipinski definition) is 0. The highest BCUT2D eigenvalue weighted by atomic mass is 16.5. The van der Waals surface area contributed by atoms with Gasteiger partial charge in [0.25, 0.3) is 5.91 Å². The van der Waals surface area contributed by atoms with E-state index in [0.29, 0.717) is 42.8 Å². The number of amides is 1. The lowest BCUT2D eigenvalue weighted by atomic mass is 10.00. The van der Waals surface area contributed by atoms with Crippen LogP contribution in [0.25, 0.3) is 11.0 Å². The molecule has 1 aromatic carbocycles. The van der Waals surface area contributed by atoms with Gasteiger partial charge in [-0.05, 0) is 23.8 Å². The molecular formula is C22H21N3O4. The van der Waals surface area contributed by atoms with Crippen LogP contribution in [-0.2, 0) is 4.74 Å². The van der Waals surface area contributed by atoms with Crippen LogP contribution in [-0.4, -0.2) is 60.1 Å². The third kappa shape index (κ3) is 3.12. The van der Waals surface area contributed by atoms with E-state index in [1.807, 2.05) is 12.1 Å². The van der Waals surface area contributed by atoms with Crippen molar-refractivity contribution in [2.75, 3.05) is 39.4 Å². The van der Waals surface area contributed by atoms with Crippen molar-refractivity contribution in [2.45, 2.75) is 6.04 Å². The summed E-state index contributed by atoms with van der Waals surface area (Å²) < 4.78 is 11.3. The van der Waals surface area contributed by atoms with Gasteiger partial charge in [-0.3, -0.25) is 19.5 Å². The van der Waals surface area contributed by atoms with E-state index in [1.54, 1.807) is 41.6 Å². The Morgan fingerprint density at radius 3 is 2.66 bits per heavy atom. The lowest BCUT2D eigenvalue weighted by molar-refractivity contribution is 0.0314. The monoisotopic (exact) mass is 391 g/mol. The summed E-state index contributed by atoms with van der Waals surface area (Å²) in [6.07, 6.45) is 3.39. The zero-order chi connectivity index (χ0) is 19.8. The van der Waals surface area contributed by atoms with Gasteiger partial charge in [0.2, 0.25) is 5.76 Å². The Bertz CT molecular complexity index is 1110. The zero-order valence-electron chi connectivity index (χ0n) is 15.9. The highest BCUT2D eigenvalue weighted by Gasteiger charge is 2.42. The first-order valence-corrected chi connectivity index (χ1v) is 9.81. The topological polar surface area (TPSA) is 75.9 Å². The molecule has 1 fully saturated rings. The van der Waals surface area contributed by atoms with Gasteiger partial charge in [0.15, 0.2) is 5.43 Å². The number of carbonyl (C=O) groups is 1. The van der Waals surface area contributed by atoms with Crippen LogP contribution < -0.4 is 5.43 Å². The first-order chi connectivity index (χ1) is 14.2. The highest BCUT2D eigenvalue weighted by molar-refractivity contribution is 5.99. The molecule has 5 rings (SSSR count). The second-order valence-corrected chi connectivity index (χ2v) is 7.31. The van der Waals surface area contributed by atoms with E-state index in [9.17, 15) is 9.59 Å². The van der Waals surface area contributed by atoms with Crippen LogP contribution in [0.2, 0.25) is 0 Å². The number of nitrogens with zero attached hydrogens (tertiary/aromatic N) is 3. The molecule has 0 saturated carbocycles. The van der Waals surface area contributed by atoms with Crippen LogP contribution in [0.4, 0.5) is 0 Å². The van der Waals surface area contributed by atoms with Crippen molar-refractivity contribution in [3.63, 3.8) is 0 Å². The minimum Gasteiger partial charge on any atom is -0.450 e. The number of carbonyl (C=O) groups excluding carboxylic acids is 1. The van der Waals surface area contributed by atoms with Gasteiger partial charge in [-0.1, -0.05) is 18.2 Å². The minimum absolute atomic E-state index is 0.143. The fraction of sp³-hybridized carbons (Fsp3) is 0.318. The Kier molecular flexibility index (Phi) is 4.61. The van der Waals surface area contributed by atoms with Crippen LogP contribution in [0.1, 0.15) is 27.7 Å². The fourth-order valence-corrected chi connectivity index (χ4v) is 4.16. The predicted octanol–water partition coefficient (Wildman–Crippen LogP) is 2.07. The number of para-hydroxylation sites is 1. The van der Waals surface area contributed by atoms with Gasteiger partial charge in [0.05, 0.1) is 30.2 Å². The number of ether oxygens (including phenoxy) is 1. The largest absolute Gasteiger partial charge is 0.450 e. The van der Waals surface area contributed by atoms with Crippen molar-refractivity contribution in [3.05, 3.63) is 75.9 Å². The molecule has 3 aromatic rings. The van der Waals surface area contributed by atoms with Gasteiger partial charge in [-0.15, -0.1) is 0 Å². The Morgan fingerprint density at radius 2 is 1.86 bits per heavy atom. The van der Waals surface area contributed by atoms with Crippen molar-refractivity contribution >= 4 is 16.9 Å². The molecule has 2 aliphatic rings. The van der Waals surface area contributed by atoms with Gasteiger partial charge < -0.3 is 14.1 Å². The standard InChI is InChI=1S/C22H21N3O4/c26-20-16-5-1-2-6-17(16)29-21-18(20)19(15-4-3-7-23-14-15)25(22(21)27)9-8-24-10-12-28-13-11-24/h1-7,14,19H,8-13H2/t19-/m0/s1. The number of morpholine rings is 1. The second kappa shape index (κ2) is 7.42. The van der Waals surface area contributed by atoms with E-state index in [0.717, 1.165) is 18.7 Å². The van der Waals surface area contributed by atoms with Crippen molar-refractivity contribution in [3.8, 4) is 0 Å². The molecule has 0 bridgehead atoms. The summed E-state index contributed by atoms with van der Waals surface area (Å²) in [7, 11) is 0. The molecule has 1 amide bonds. The number of fused-ring (bicyclic) bond motifs is 2. The Hall–Kier alpha value is -3.03. The molecule has 0 aliphatic carbocycles. The summed E-state index contributed by atoms with van der Waals surface area (Å²) in [5.74, 6) is -0.102. The molecule has 2 aromatic heterocycles. The predicted molar refractivity (Wildman–Crippen MR) is 107 cm³/mol. The average molecular weight is 391 g/mol. The molecule has 7 nitrogen and oxygen atoms in total. The van der Waals surface area contributed by atoms with E-state index in [-0.39, 0.29) is 17.1 Å². The van der Waals surface area contributed by atoms with E-state index >= 15 is 0 Å².